The molecule has 106 valence electrons. The number of benzene rings is 1. The van der Waals surface area contributed by atoms with E-state index in [1.807, 2.05) is 6.92 Å². The van der Waals surface area contributed by atoms with E-state index in [9.17, 15) is 8.42 Å². The lowest BCUT2D eigenvalue weighted by atomic mass is 10.1. The van der Waals surface area contributed by atoms with Crippen LogP contribution in [-0.4, -0.2) is 25.4 Å². The summed E-state index contributed by atoms with van der Waals surface area (Å²) < 4.78 is 25.9. The minimum atomic E-state index is -3.72. The van der Waals surface area contributed by atoms with Gasteiger partial charge >= 0.3 is 0 Å². The van der Waals surface area contributed by atoms with Crippen molar-refractivity contribution in [2.75, 3.05) is 11.3 Å². The van der Waals surface area contributed by atoms with Gasteiger partial charge in [-0.25, -0.2) is 8.42 Å². The zero-order chi connectivity index (χ0) is 15.2. The van der Waals surface area contributed by atoms with Crippen LogP contribution in [0.1, 0.15) is 24.5 Å². The molecule has 1 aromatic carbocycles. The van der Waals surface area contributed by atoms with E-state index >= 15 is 0 Å². The third kappa shape index (κ3) is 4.27. The van der Waals surface area contributed by atoms with E-state index in [0.29, 0.717) is 17.7 Å². The summed E-state index contributed by atoms with van der Waals surface area (Å²) in [5.74, 6) is 5.66. The fraction of sp³-hybridized carbons (Fsp3) is 0.357. The number of hydrogen-bond donors (Lipinski definition) is 2. The Labute approximate surface area is 119 Å². The molecule has 20 heavy (non-hydrogen) atoms. The fourth-order valence-electron chi connectivity index (χ4n) is 1.36. The topological polar surface area (TPSA) is 90.2 Å². The Morgan fingerprint density at radius 2 is 2.15 bits per heavy atom. The number of aliphatic hydroxyl groups excluding tert-OH is 1. The number of sulfonamides is 1. The summed E-state index contributed by atoms with van der Waals surface area (Å²) in [6, 6.07) is 6.67. The second-order valence-corrected chi connectivity index (χ2v) is 6.22. The first kappa shape index (κ1) is 16.0. The van der Waals surface area contributed by atoms with Crippen molar-refractivity contribution in [3.05, 3.63) is 29.3 Å². The highest BCUT2D eigenvalue weighted by molar-refractivity contribution is 7.93. The van der Waals surface area contributed by atoms with Crippen LogP contribution in [0.3, 0.4) is 0 Å². The lowest BCUT2D eigenvalue weighted by molar-refractivity contribution is 0.305. The maximum atomic E-state index is 11.8. The Bertz CT molecular complexity index is 679. The highest BCUT2D eigenvalue weighted by Crippen LogP contribution is 2.17. The third-order valence-electron chi connectivity index (χ3n) is 2.60. The molecule has 5 nitrogen and oxygen atoms in total. The molecule has 1 aromatic rings. The highest BCUT2D eigenvalue weighted by atomic mass is 32.2. The molecule has 0 aromatic heterocycles. The van der Waals surface area contributed by atoms with Crippen LogP contribution < -0.4 is 4.72 Å². The zero-order valence-corrected chi connectivity index (χ0v) is 12.2. The molecule has 0 radical (unpaired) electrons. The number of hydrogen-bond acceptors (Lipinski definition) is 4. The Kier molecular flexibility index (Phi) is 5.57. The molecule has 0 saturated carbocycles. The van der Waals surface area contributed by atoms with Crippen LogP contribution in [0.4, 0.5) is 5.69 Å². The van der Waals surface area contributed by atoms with Crippen molar-refractivity contribution in [3.8, 4) is 17.9 Å². The van der Waals surface area contributed by atoms with E-state index in [0.717, 1.165) is 5.56 Å². The molecule has 0 aliphatic heterocycles. The summed E-state index contributed by atoms with van der Waals surface area (Å²) in [7, 11) is -3.72. The number of nitrogens with zero attached hydrogens (tertiary/aromatic N) is 1. The largest absolute Gasteiger partial charge is 0.395 e. The van der Waals surface area contributed by atoms with Crippen LogP contribution in [0.15, 0.2) is 18.2 Å². The normalized spacial score (nSPS) is 11.9. The second-order valence-electron chi connectivity index (χ2n) is 4.22. The summed E-state index contributed by atoms with van der Waals surface area (Å²) in [5, 5.41) is 16.2. The minimum absolute atomic E-state index is 0.0158. The first-order valence-corrected chi connectivity index (χ1v) is 7.57. The monoisotopic (exact) mass is 292 g/mol. The molecule has 6 heteroatoms. The number of aryl methyl sites for hydroxylation is 1. The molecule has 1 atom stereocenters. The maximum Gasteiger partial charge on any atom is 0.248 e. The van der Waals surface area contributed by atoms with E-state index in [1.54, 1.807) is 24.3 Å². The van der Waals surface area contributed by atoms with Crippen molar-refractivity contribution in [2.24, 2.45) is 0 Å². The quantitative estimate of drug-likeness (QED) is 0.820. The van der Waals surface area contributed by atoms with Gasteiger partial charge in [-0.2, -0.15) is 5.26 Å². The molecule has 0 fully saturated rings. The van der Waals surface area contributed by atoms with Crippen molar-refractivity contribution in [2.45, 2.75) is 25.5 Å². The average Bonchev–Trinajstić information content (AvgIpc) is 2.41. The molecular formula is C14H16N2O3S. The van der Waals surface area contributed by atoms with Crippen molar-refractivity contribution in [1.82, 2.24) is 0 Å². The molecule has 2 N–H and O–H groups in total. The summed E-state index contributed by atoms with van der Waals surface area (Å²) in [4.78, 5) is 0. The van der Waals surface area contributed by atoms with Gasteiger partial charge < -0.3 is 5.11 Å². The van der Waals surface area contributed by atoms with Crippen LogP contribution in [0.25, 0.3) is 0 Å². The smallest absolute Gasteiger partial charge is 0.248 e. The molecule has 0 saturated heterocycles. The SMILES string of the molecule is Cc1ccc(NS(=O)(=O)C(C)C#N)cc1C#CCCO. The van der Waals surface area contributed by atoms with Gasteiger partial charge in [0.25, 0.3) is 0 Å². The Morgan fingerprint density at radius 1 is 1.45 bits per heavy atom. The summed E-state index contributed by atoms with van der Waals surface area (Å²) in [5.41, 5.74) is 1.96. The fourth-order valence-corrected chi connectivity index (χ4v) is 2.13. The Morgan fingerprint density at radius 3 is 2.75 bits per heavy atom. The van der Waals surface area contributed by atoms with Gasteiger partial charge in [0, 0.05) is 17.7 Å². The van der Waals surface area contributed by atoms with Crippen LogP contribution in [-0.2, 0) is 10.0 Å². The summed E-state index contributed by atoms with van der Waals surface area (Å²) in [6.45, 7) is 3.16. The number of anilines is 1. The average molecular weight is 292 g/mol. The molecule has 0 amide bonds. The van der Waals surface area contributed by atoms with Gasteiger partial charge in [-0.05, 0) is 31.5 Å². The lowest BCUT2D eigenvalue weighted by Crippen LogP contribution is -2.23. The third-order valence-corrected chi connectivity index (χ3v) is 4.16. The molecule has 1 rings (SSSR count). The molecular weight excluding hydrogens is 276 g/mol. The van der Waals surface area contributed by atoms with E-state index in [-0.39, 0.29) is 6.61 Å². The summed E-state index contributed by atoms with van der Waals surface area (Å²) in [6.07, 6.45) is 0.362. The van der Waals surface area contributed by atoms with E-state index in [2.05, 4.69) is 16.6 Å². The zero-order valence-electron chi connectivity index (χ0n) is 11.3. The van der Waals surface area contributed by atoms with Crippen molar-refractivity contribution >= 4 is 15.7 Å². The first-order valence-electron chi connectivity index (χ1n) is 6.02. The van der Waals surface area contributed by atoms with Gasteiger partial charge in [0.15, 0.2) is 5.25 Å². The Balaban J connectivity index is 3.03. The molecule has 0 bridgehead atoms. The first-order chi connectivity index (χ1) is 9.40. The van der Waals surface area contributed by atoms with Gasteiger partial charge in [0.2, 0.25) is 10.0 Å². The molecule has 0 spiro atoms. The second kappa shape index (κ2) is 6.95. The molecule has 0 heterocycles. The van der Waals surface area contributed by atoms with Gasteiger partial charge in [-0.15, -0.1) is 0 Å². The van der Waals surface area contributed by atoms with Gasteiger partial charge in [0.05, 0.1) is 12.7 Å². The number of aliphatic hydroxyl groups is 1. The summed E-state index contributed by atoms with van der Waals surface area (Å²) >= 11 is 0. The van der Waals surface area contributed by atoms with Gasteiger partial charge in [-0.1, -0.05) is 17.9 Å². The predicted octanol–water partition coefficient (Wildman–Crippen LogP) is 1.38. The standard InChI is InChI=1S/C14H16N2O3S/c1-11-6-7-14(9-13(11)5-3-4-8-17)16-20(18,19)12(2)10-15/h6-7,9,12,16-17H,4,8H2,1-2H3. The van der Waals surface area contributed by atoms with E-state index in [1.165, 1.54) is 6.92 Å². The van der Waals surface area contributed by atoms with Crippen molar-refractivity contribution in [3.63, 3.8) is 0 Å². The number of nitriles is 1. The van der Waals surface area contributed by atoms with Gasteiger partial charge in [-0.3, -0.25) is 4.72 Å². The van der Waals surface area contributed by atoms with Crippen molar-refractivity contribution in [1.29, 1.82) is 5.26 Å². The molecule has 0 aliphatic rings. The Hall–Kier alpha value is -2.02. The molecule has 1 unspecified atom stereocenters. The van der Waals surface area contributed by atoms with Crippen LogP contribution >= 0.6 is 0 Å². The predicted molar refractivity (Wildman–Crippen MR) is 77.4 cm³/mol. The van der Waals surface area contributed by atoms with Crippen LogP contribution in [0.5, 0.6) is 0 Å². The van der Waals surface area contributed by atoms with Crippen LogP contribution in [0, 0.1) is 30.1 Å². The van der Waals surface area contributed by atoms with Gasteiger partial charge in [0.1, 0.15) is 0 Å². The van der Waals surface area contributed by atoms with Crippen LogP contribution in [0.2, 0.25) is 0 Å². The molecule has 0 aliphatic carbocycles. The number of nitrogens with one attached hydrogen (secondary N) is 1. The lowest BCUT2D eigenvalue weighted by Gasteiger charge is -2.10. The van der Waals surface area contributed by atoms with E-state index in [4.69, 9.17) is 10.4 Å². The minimum Gasteiger partial charge on any atom is -0.395 e. The van der Waals surface area contributed by atoms with E-state index < -0.39 is 15.3 Å². The van der Waals surface area contributed by atoms with Crippen molar-refractivity contribution < 1.29 is 13.5 Å². The number of rotatable bonds is 4. The maximum absolute atomic E-state index is 11.8. The highest BCUT2D eigenvalue weighted by Gasteiger charge is 2.20.